The average molecular weight is 128 g/mol. The molecule has 1 unspecified atom stereocenters. The van der Waals surface area contributed by atoms with E-state index in [4.69, 9.17) is 5.11 Å². The number of ketones is 2. The summed E-state index contributed by atoms with van der Waals surface area (Å²) in [6, 6.07) is 0. The molecule has 0 spiro atoms. The second-order valence-corrected chi connectivity index (χ2v) is 2.82. The Morgan fingerprint density at radius 2 is 1.89 bits per heavy atom. The van der Waals surface area contributed by atoms with Gasteiger partial charge in [-0.15, -0.1) is 0 Å². The molecule has 0 aromatic carbocycles. The van der Waals surface area contributed by atoms with Crippen molar-refractivity contribution in [3.05, 3.63) is 0 Å². The van der Waals surface area contributed by atoms with Crippen molar-refractivity contribution < 1.29 is 14.7 Å². The van der Waals surface area contributed by atoms with Crippen molar-refractivity contribution in [1.82, 2.24) is 0 Å². The van der Waals surface area contributed by atoms with Crippen molar-refractivity contribution in [2.75, 3.05) is 0 Å². The number of carbonyl (C=O) groups excluding carboxylic acids is 2. The molecule has 1 atom stereocenters. The van der Waals surface area contributed by atoms with Crippen LogP contribution >= 0.6 is 0 Å². The molecule has 1 fully saturated rings. The van der Waals surface area contributed by atoms with Crippen LogP contribution in [0.2, 0.25) is 0 Å². The molecular formula is C6H8O3. The van der Waals surface area contributed by atoms with Crippen LogP contribution in [0.3, 0.4) is 0 Å². The molecular weight excluding hydrogens is 120 g/mol. The van der Waals surface area contributed by atoms with Crippen LogP contribution in [0.1, 0.15) is 13.8 Å². The summed E-state index contributed by atoms with van der Waals surface area (Å²) in [7, 11) is 0. The van der Waals surface area contributed by atoms with Gasteiger partial charge in [0.2, 0.25) is 11.6 Å². The summed E-state index contributed by atoms with van der Waals surface area (Å²) in [5.74, 6) is -1.12. The second kappa shape index (κ2) is 1.42. The monoisotopic (exact) mass is 128 g/mol. The molecule has 0 aromatic heterocycles. The molecule has 0 saturated heterocycles. The molecule has 1 N–H and O–H groups in total. The van der Waals surface area contributed by atoms with E-state index in [1.54, 1.807) is 13.8 Å². The van der Waals surface area contributed by atoms with Crippen LogP contribution in [0.4, 0.5) is 0 Å². The van der Waals surface area contributed by atoms with Crippen molar-refractivity contribution in [2.45, 2.75) is 20.0 Å². The normalized spacial score (nSPS) is 32.1. The number of carbonyl (C=O) groups is 2. The zero-order valence-corrected chi connectivity index (χ0v) is 5.34. The fraction of sp³-hybridized carbons (Fsp3) is 0.667. The van der Waals surface area contributed by atoms with Gasteiger partial charge in [-0.3, -0.25) is 9.59 Å². The number of hydrogen-bond donors (Lipinski definition) is 1. The summed E-state index contributed by atoms with van der Waals surface area (Å²) >= 11 is 0. The number of aliphatic hydroxyl groups is 1. The number of aliphatic hydroxyl groups excluding tert-OH is 1. The van der Waals surface area contributed by atoms with Crippen LogP contribution < -0.4 is 0 Å². The van der Waals surface area contributed by atoms with Gasteiger partial charge in [0.05, 0.1) is 5.41 Å². The fourth-order valence-electron chi connectivity index (χ4n) is 0.816. The summed E-state index contributed by atoms with van der Waals surface area (Å²) in [6.45, 7) is 3.11. The van der Waals surface area contributed by atoms with E-state index in [1.807, 2.05) is 0 Å². The Bertz CT molecular complexity index is 181. The quantitative estimate of drug-likeness (QED) is 0.448. The topological polar surface area (TPSA) is 54.4 Å². The van der Waals surface area contributed by atoms with Gasteiger partial charge in [0.1, 0.15) is 6.10 Å². The van der Waals surface area contributed by atoms with Gasteiger partial charge in [0.25, 0.3) is 0 Å². The largest absolute Gasteiger partial charge is 0.384 e. The van der Waals surface area contributed by atoms with E-state index in [1.165, 1.54) is 0 Å². The standard InChI is InChI=1S/C6H8O3/c1-6(2)4(8)3(7)5(6)9/h4,8H,1-2H3. The predicted molar refractivity (Wildman–Crippen MR) is 29.8 cm³/mol. The van der Waals surface area contributed by atoms with Gasteiger partial charge in [0, 0.05) is 0 Å². The minimum atomic E-state index is -1.06. The first-order valence-electron chi connectivity index (χ1n) is 2.74. The van der Waals surface area contributed by atoms with Crippen molar-refractivity contribution in [3.63, 3.8) is 0 Å². The van der Waals surface area contributed by atoms with Gasteiger partial charge in [-0.05, 0) is 13.8 Å². The first-order valence-corrected chi connectivity index (χ1v) is 2.74. The highest BCUT2D eigenvalue weighted by Gasteiger charge is 2.54. The first-order chi connectivity index (χ1) is 3.98. The van der Waals surface area contributed by atoms with Crippen molar-refractivity contribution in [3.8, 4) is 0 Å². The predicted octanol–water partition coefficient (Wildman–Crippen LogP) is -0.475. The summed E-state index contributed by atoms with van der Waals surface area (Å²) in [4.78, 5) is 21.0. The highest BCUT2D eigenvalue weighted by molar-refractivity contribution is 6.48. The minimum Gasteiger partial charge on any atom is -0.384 e. The lowest BCUT2D eigenvalue weighted by atomic mass is 9.67. The smallest absolute Gasteiger partial charge is 0.228 e. The van der Waals surface area contributed by atoms with Crippen molar-refractivity contribution in [2.24, 2.45) is 5.41 Å². The average Bonchev–Trinajstić information content (AvgIpc) is 1.84. The molecule has 1 aliphatic carbocycles. The third kappa shape index (κ3) is 0.551. The van der Waals surface area contributed by atoms with E-state index in [0.717, 1.165) is 0 Å². The molecule has 1 aliphatic rings. The Morgan fingerprint density at radius 3 is 2.00 bits per heavy atom. The fourth-order valence-corrected chi connectivity index (χ4v) is 0.816. The molecule has 0 aromatic rings. The molecule has 0 heterocycles. The zero-order valence-electron chi connectivity index (χ0n) is 5.34. The van der Waals surface area contributed by atoms with Crippen LogP contribution in [-0.4, -0.2) is 22.8 Å². The van der Waals surface area contributed by atoms with E-state index in [9.17, 15) is 9.59 Å². The van der Waals surface area contributed by atoms with Crippen molar-refractivity contribution in [1.29, 1.82) is 0 Å². The minimum absolute atomic E-state index is 0.463. The molecule has 9 heavy (non-hydrogen) atoms. The molecule has 0 radical (unpaired) electrons. The van der Waals surface area contributed by atoms with Gasteiger partial charge < -0.3 is 5.11 Å². The maximum Gasteiger partial charge on any atom is 0.228 e. The van der Waals surface area contributed by atoms with E-state index in [-0.39, 0.29) is 0 Å². The maximum atomic E-state index is 10.6. The van der Waals surface area contributed by atoms with Crippen molar-refractivity contribution >= 4 is 11.6 Å². The Balaban J connectivity index is 2.86. The summed E-state index contributed by atoms with van der Waals surface area (Å²) in [6.07, 6.45) is -1.06. The number of rotatable bonds is 0. The molecule has 0 aliphatic heterocycles. The molecule has 3 heteroatoms. The highest BCUT2D eigenvalue weighted by atomic mass is 16.3. The van der Waals surface area contributed by atoms with Crippen LogP contribution in [0.25, 0.3) is 0 Å². The molecule has 0 bridgehead atoms. The lowest BCUT2D eigenvalue weighted by molar-refractivity contribution is -0.166. The summed E-state index contributed by atoms with van der Waals surface area (Å²) in [5, 5.41) is 8.84. The molecule has 1 rings (SSSR count). The van der Waals surface area contributed by atoms with Gasteiger partial charge in [-0.1, -0.05) is 0 Å². The third-order valence-corrected chi connectivity index (χ3v) is 1.74. The number of Topliss-reactive ketones (excluding diaryl/α,β-unsaturated/α-hetero) is 2. The summed E-state index contributed by atoms with van der Waals surface area (Å²) < 4.78 is 0. The Hall–Kier alpha value is -0.700. The second-order valence-electron chi connectivity index (χ2n) is 2.82. The third-order valence-electron chi connectivity index (χ3n) is 1.74. The van der Waals surface area contributed by atoms with Crippen LogP contribution in [0.15, 0.2) is 0 Å². The molecule has 1 saturated carbocycles. The maximum absolute atomic E-state index is 10.6. The summed E-state index contributed by atoms with van der Waals surface area (Å²) in [5.41, 5.74) is -0.822. The SMILES string of the molecule is CC1(C)C(=O)C(=O)C1O. The Morgan fingerprint density at radius 1 is 1.44 bits per heavy atom. The van der Waals surface area contributed by atoms with E-state index in [0.29, 0.717) is 0 Å². The molecule has 0 amide bonds. The number of hydrogen-bond acceptors (Lipinski definition) is 3. The lowest BCUT2D eigenvalue weighted by Crippen LogP contribution is -2.59. The van der Waals surface area contributed by atoms with Gasteiger partial charge in [-0.25, -0.2) is 0 Å². The Labute approximate surface area is 52.7 Å². The van der Waals surface area contributed by atoms with Crippen LogP contribution in [-0.2, 0) is 9.59 Å². The van der Waals surface area contributed by atoms with E-state index >= 15 is 0 Å². The zero-order chi connectivity index (χ0) is 7.23. The van der Waals surface area contributed by atoms with Crippen LogP contribution in [0, 0.1) is 5.41 Å². The van der Waals surface area contributed by atoms with E-state index in [2.05, 4.69) is 0 Å². The van der Waals surface area contributed by atoms with Crippen LogP contribution in [0.5, 0.6) is 0 Å². The Kier molecular flexibility index (Phi) is 1.01. The van der Waals surface area contributed by atoms with Gasteiger partial charge in [-0.2, -0.15) is 0 Å². The van der Waals surface area contributed by atoms with Gasteiger partial charge in [0.15, 0.2) is 0 Å². The lowest BCUT2D eigenvalue weighted by Gasteiger charge is -2.36. The highest BCUT2D eigenvalue weighted by Crippen LogP contribution is 2.32. The molecule has 50 valence electrons. The molecule has 3 nitrogen and oxygen atoms in total. The van der Waals surface area contributed by atoms with Gasteiger partial charge >= 0.3 is 0 Å². The van der Waals surface area contributed by atoms with E-state index < -0.39 is 23.1 Å². The first kappa shape index (κ1) is 6.42.